The standard InChI is InChI=1S/C24H27N4O6/c1-28-7-9-32-21-13-16(2-3-20(21)24(28)30)33-18-10-15(23(29)27-22(26)4-6-25)11-19(12-18)34-17-5-8-31-14-17/h2-4,6,10-13,17,20-21H,5,7-9,14H2,1H3,(H3-,25,26,27,29)/q-1. The van der Waals surface area contributed by atoms with Crippen molar-refractivity contribution in [3.05, 3.63) is 65.4 Å². The van der Waals surface area contributed by atoms with Crippen LogP contribution in [0, 0.1) is 5.92 Å². The van der Waals surface area contributed by atoms with Gasteiger partial charge in [-0.15, -0.1) is 0 Å². The van der Waals surface area contributed by atoms with Gasteiger partial charge >= 0.3 is 0 Å². The van der Waals surface area contributed by atoms with E-state index in [1.54, 1.807) is 42.3 Å². The first kappa shape index (κ1) is 23.5. The van der Waals surface area contributed by atoms with Crippen LogP contribution in [0.25, 0.3) is 5.41 Å². The Kier molecular flexibility index (Phi) is 7.29. The number of nitrogens with zero attached hydrogens (tertiary/aromatic N) is 2. The second kappa shape index (κ2) is 10.5. The van der Waals surface area contributed by atoms with Crippen molar-refractivity contribution in [1.82, 2.24) is 10.2 Å². The van der Waals surface area contributed by atoms with E-state index in [0.29, 0.717) is 43.6 Å². The van der Waals surface area contributed by atoms with Gasteiger partial charge in [0, 0.05) is 31.6 Å². The number of carbonyl (C=O) groups is 2. The molecule has 0 saturated carbocycles. The number of fused-ring (bicyclic) bond motifs is 1. The maximum absolute atomic E-state index is 12.7. The number of nitrogens with two attached hydrogens (primary N) is 1. The van der Waals surface area contributed by atoms with Crippen LogP contribution in [0.15, 0.2) is 54.5 Å². The molecule has 1 aliphatic carbocycles. The molecule has 3 aliphatic rings. The van der Waals surface area contributed by atoms with E-state index in [2.05, 4.69) is 5.32 Å². The third kappa shape index (κ3) is 5.64. The van der Waals surface area contributed by atoms with Crippen molar-refractivity contribution in [3.63, 3.8) is 0 Å². The molecule has 3 unspecified atom stereocenters. The van der Waals surface area contributed by atoms with Crippen LogP contribution in [0.1, 0.15) is 16.8 Å². The fourth-order valence-corrected chi connectivity index (χ4v) is 3.85. The Hall–Kier alpha value is -3.63. The highest BCUT2D eigenvalue weighted by molar-refractivity contribution is 6.11. The first-order valence-corrected chi connectivity index (χ1v) is 11.0. The Balaban J connectivity index is 1.56. The monoisotopic (exact) mass is 467 g/mol. The average Bonchev–Trinajstić information content (AvgIpc) is 3.27. The van der Waals surface area contributed by atoms with Gasteiger partial charge in [-0.1, -0.05) is 11.9 Å². The van der Waals surface area contributed by atoms with E-state index in [-0.39, 0.29) is 17.6 Å². The van der Waals surface area contributed by atoms with E-state index in [9.17, 15) is 15.0 Å². The molecule has 34 heavy (non-hydrogen) atoms. The SMILES string of the molecule is CN1CCOC2C=C(Oc3cc(OC4CCOC4)cc(C(=O)NC(=[N-])/C=C\N)c3)C=CC2C1=O. The number of nitrogens with one attached hydrogen (secondary N) is 1. The molecule has 2 saturated heterocycles. The maximum atomic E-state index is 12.7. The van der Waals surface area contributed by atoms with E-state index in [0.717, 1.165) is 18.7 Å². The lowest BCUT2D eigenvalue weighted by molar-refractivity contribution is -0.132. The number of allylic oxidation sites excluding steroid dienone is 1. The molecule has 2 heterocycles. The zero-order valence-corrected chi connectivity index (χ0v) is 18.8. The summed E-state index contributed by atoms with van der Waals surface area (Å²) in [6.07, 6.45) is 7.66. The van der Waals surface area contributed by atoms with Crippen molar-refractivity contribution in [3.8, 4) is 11.5 Å². The summed E-state index contributed by atoms with van der Waals surface area (Å²) in [5.74, 6) is -0.129. The molecule has 180 valence electrons. The lowest BCUT2D eigenvalue weighted by atomic mass is 9.95. The Morgan fingerprint density at radius 1 is 1.29 bits per heavy atom. The number of likely N-dealkylation sites (N-methyl/N-ethyl adjacent to an activating group) is 1. The summed E-state index contributed by atoms with van der Waals surface area (Å²) >= 11 is 0. The number of carbonyl (C=O) groups excluding carboxylic acids is 2. The number of rotatable bonds is 6. The molecule has 0 aromatic heterocycles. The number of hydrogen-bond acceptors (Lipinski definition) is 7. The Morgan fingerprint density at radius 2 is 2.12 bits per heavy atom. The van der Waals surface area contributed by atoms with Crippen LogP contribution >= 0.6 is 0 Å². The molecule has 1 aromatic carbocycles. The van der Waals surface area contributed by atoms with Crippen molar-refractivity contribution < 1.29 is 28.5 Å². The first-order valence-electron chi connectivity index (χ1n) is 11.0. The minimum absolute atomic E-state index is 0.00947. The van der Waals surface area contributed by atoms with Crippen molar-refractivity contribution in [2.24, 2.45) is 11.7 Å². The van der Waals surface area contributed by atoms with E-state index < -0.39 is 23.8 Å². The number of hydrogen-bond donors (Lipinski definition) is 2. The number of ether oxygens (including phenoxy) is 4. The summed E-state index contributed by atoms with van der Waals surface area (Å²) in [5, 5.41) is 12.1. The average molecular weight is 468 g/mol. The number of benzene rings is 1. The highest BCUT2D eigenvalue weighted by atomic mass is 16.5. The second-order valence-electron chi connectivity index (χ2n) is 8.15. The number of amidine groups is 1. The Bertz CT molecular complexity index is 1040. The highest BCUT2D eigenvalue weighted by Gasteiger charge is 2.33. The minimum Gasteiger partial charge on any atom is -0.488 e. The smallest absolute Gasteiger partial charge is 0.232 e. The van der Waals surface area contributed by atoms with Gasteiger partial charge in [-0.25, -0.2) is 0 Å². The summed E-state index contributed by atoms with van der Waals surface area (Å²) in [5.41, 5.74) is 5.46. The fraction of sp³-hybridized carbons (Fsp3) is 0.375. The molecule has 2 amide bonds. The van der Waals surface area contributed by atoms with Crippen LogP contribution in [-0.2, 0) is 14.3 Å². The Labute approximate surface area is 197 Å². The molecular weight excluding hydrogens is 440 g/mol. The lowest BCUT2D eigenvalue weighted by Gasteiger charge is -2.24. The van der Waals surface area contributed by atoms with Crippen LogP contribution in [0.5, 0.6) is 11.5 Å². The molecule has 1 aromatic rings. The van der Waals surface area contributed by atoms with Gasteiger partial charge in [-0.05, 0) is 36.6 Å². The van der Waals surface area contributed by atoms with E-state index in [1.165, 1.54) is 6.07 Å². The normalized spacial score (nSPS) is 24.4. The van der Waals surface area contributed by atoms with Crippen LogP contribution in [0.3, 0.4) is 0 Å². The summed E-state index contributed by atoms with van der Waals surface area (Å²) < 4.78 is 23.2. The zero-order chi connectivity index (χ0) is 24.1. The van der Waals surface area contributed by atoms with Crippen molar-refractivity contribution in [2.45, 2.75) is 18.6 Å². The molecule has 3 atom stereocenters. The molecule has 0 bridgehead atoms. The van der Waals surface area contributed by atoms with Gasteiger partial charge in [0.15, 0.2) is 5.91 Å². The molecule has 10 nitrogen and oxygen atoms in total. The molecular formula is C24H27N4O6-. The predicted octanol–water partition coefficient (Wildman–Crippen LogP) is 1.33. The molecule has 4 rings (SSSR count). The van der Waals surface area contributed by atoms with E-state index in [4.69, 9.17) is 24.7 Å². The second-order valence-corrected chi connectivity index (χ2v) is 8.15. The fourth-order valence-electron chi connectivity index (χ4n) is 3.85. The van der Waals surface area contributed by atoms with Crippen molar-refractivity contribution in [2.75, 3.05) is 33.4 Å². The van der Waals surface area contributed by atoms with Gasteiger partial charge in [0.05, 0.1) is 31.8 Å². The molecule has 10 heteroatoms. The molecule has 2 fully saturated rings. The number of amides is 2. The van der Waals surface area contributed by atoms with Crippen LogP contribution < -0.4 is 20.5 Å². The van der Waals surface area contributed by atoms with Crippen molar-refractivity contribution in [1.29, 1.82) is 0 Å². The first-order chi connectivity index (χ1) is 16.4. The maximum Gasteiger partial charge on any atom is 0.232 e. The summed E-state index contributed by atoms with van der Waals surface area (Å²) in [4.78, 5) is 26.8. The van der Waals surface area contributed by atoms with E-state index in [1.807, 2.05) is 0 Å². The topological polar surface area (TPSA) is 135 Å². The van der Waals surface area contributed by atoms with E-state index >= 15 is 0 Å². The molecule has 0 radical (unpaired) electrons. The largest absolute Gasteiger partial charge is 0.488 e. The molecule has 0 spiro atoms. The van der Waals surface area contributed by atoms with Gasteiger partial charge in [-0.3, -0.25) is 9.59 Å². The van der Waals surface area contributed by atoms with Gasteiger partial charge < -0.3 is 40.3 Å². The third-order valence-electron chi connectivity index (χ3n) is 5.61. The Morgan fingerprint density at radius 3 is 2.88 bits per heavy atom. The lowest BCUT2D eigenvalue weighted by Crippen LogP contribution is -2.35. The van der Waals surface area contributed by atoms with Crippen LogP contribution in [0.2, 0.25) is 0 Å². The molecule has 3 N–H and O–H groups in total. The van der Waals surface area contributed by atoms with Crippen LogP contribution in [-0.4, -0.2) is 68.2 Å². The zero-order valence-electron chi connectivity index (χ0n) is 18.8. The summed E-state index contributed by atoms with van der Waals surface area (Å²) in [6, 6.07) is 4.76. The highest BCUT2D eigenvalue weighted by Crippen LogP contribution is 2.30. The predicted molar refractivity (Wildman–Crippen MR) is 124 cm³/mol. The quantitative estimate of drug-likeness (QED) is 0.476. The summed E-state index contributed by atoms with van der Waals surface area (Å²) in [7, 11) is 1.75. The third-order valence-corrected chi connectivity index (χ3v) is 5.61. The van der Waals surface area contributed by atoms with Gasteiger partial charge in [0.25, 0.3) is 0 Å². The van der Waals surface area contributed by atoms with Gasteiger partial charge in [0.1, 0.15) is 23.4 Å². The van der Waals surface area contributed by atoms with Gasteiger partial charge in [-0.2, -0.15) is 0 Å². The molecule has 2 aliphatic heterocycles. The van der Waals surface area contributed by atoms with Crippen molar-refractivity contribution >= 4 is 17.6 Å². The summed E-state index contributed by atoms with van der Waals surface area (Å²) in [6.45, 7) is 2.01. The minimum atomic E-state index is -0.567. The van der Waals surface area contributed by atoms with Gasteiger partial charge in [0.2, 0.25) is 5.91 Å². The van der Waals surface area contributed by atoms with Crippen LogP contribution in [0.4, 0.5) is 0 Å².